The number of Topliss-reactive ketones (excluding diaryl/α,β-unsaturated/α-hetero) is 1. The van der Waals surface area contributed by atoms with Crippen LogP contribution in [0.3, 0.4) is 0 Å². The van der Waals surface area contributed by atoms with Crippen LogP contribution in [0.4, 0.5) is 5.69 Å². The second-order valence-electron chi connectivity index (χ2n) is 7.63. The van der Waals surface area contributed by atoms with Gasteiger partial charge in [0.15, 0.2) is 12.4 Å². The maximum Gasteiger partial charge on any atom is 0.306 e. The molecule has 0 fully saturated rings. The zero-order valence-corrected chi connectivity index (χ0v) is 18.6. The summed E-state index contributed by atoms with van der Waals surface area (Å²) in [6, 6.07) is 12.6. The quantitative estimate of drug-likeness (QED) is 0.334. The Morgan fingerprint density at radius 3 is 2.55 bits per heavy atom. The number of sulfonamides is 1. The number of hydrogen-bond acceptors (Lipinski definition) is 6. The summed E-state index contributed by atoms with van der Waals surface area (Å²) < 4.78 is 35.9. The van der Waals surface area contributed by atoms with Gasteiger partial charge in [-0.25, -0.2) is 8.42 Å². The first-order chi connectivity index (χ1) is 14.7. The van der Waals surface area contributed by atoms with Crippen molar-refractivity contribution in [2.45, 2.75) is 32.6 Å². The molecule has 2 aromatic rings. The van der Waals surface area contributed by atoms with Crippen LogP contribution in [0.2, 0.25) is 0 Å². The van der Waals surface area contributed by atoms with Crippen molar-refractivity contribution in [1.29, 1.82) is 0 Å². The summed E-state index contributed by atoms with van der Waals surface area (Å²) in [4.78, 5) is 24.3. The molecule has 0 aliphatic carbocycles. The van der Waals surface area contributed by atoms with E-state index in [0.29, 0.717) is 43.7 Å². The first kappa shape index (κ1) is 22.8. The number of hydrogen-bond donors (Lipinski definition) is 0. The van der Waals surface area contributed by atoms with Crippen molar-refractivity contribution in [3.05, 3.63) is 59.2 Å². The highest BCUT2D eigenvalue weighted by molar-refractivity contribution is 7.92. The molecule has 8 heteroatoms. The number of carbonyl (C=O) groups excluding carboxylic acids is 2. The number of aryl methyl sites for hydroxylation is 2. The van der Waals surface area contributed by atoms with Crippen LogP contribution in [0, 0.1) is 6.92 Å². The second-order valence-corrected chi connectivity index (χ2v) is 9.54. The molecule has 0 saturated heterocycles. The fourth-order valence-corrected chi connectivity index (χ4v) is 4.42. The van der Waals surface area contributed by atoms with Crippen LogP contribution in [0.5, 0.6) is 5.75 Å². The van der Waals surface area contributed by atoms with Crippen molar-refractivity contribution < 1.29 is 27.5 Å². The van der Waals surface area contributed by atoms with Crippen molar-refractivity contribution in [1.82, 2.24) is 0 Å². The normalized spacial score (nSPS) is 13.4. The average Bonchev–Trinajstić information content (AvgIpc) is 2.74. The van der Waals surface area contributed by atoms with Crippen molar-refractivity contribution >= 4 is 27.5 Å². The number of ether oxygens (including phenoxy) is 2. The molecule has 0 radical (unpaired) electrons. The lowest BCUT2D eigenvalue weighted by molar-refractivity contribution is -0.142. The van der Waals surface area contributed by atoms with E-state index in [2.05, 4.69) is 0 Å². The van der Waals surface area contributed by atoms with Crippen molar-refractivity contribution in [3.63, 3.8) is 0 Å². The number of esters is 1. The Hall–Kier alpha value is -2.87. The van der Waals surface area contributed by atoms with Crippen LogP contribution in [-0.4, -0.2) is 46.2 Å². The van der Waals surface area contributed by atoms with E-state index in [9.17, 15) is 18.0 Å². The van der Waals surface area contributed by atoms with Gasteiger partial charge in [-0.05, 0) is 62.1 Å². The number of anilines is 1. The van der Waals surface area contributed by atoms with E-state index >= 15 is 0 Å². The number of ketones is 1. The van der Waals surface area contributed by atoms with Gasteiger partial charge < -0.3 is 9.47 Å². The first-order valence-electron chi connectivity index (χ1n) is 10.2. The van der Waals surface area contributed by atoms with Crippen molar-refractivity contribution in [2.24, 2.45) is 0 Å². The second kappa shape index (κ2) is 9.96. The third kappa shape index (κ3) is 6.30. The highest BCUT2D eigenvalue weighted by Crippen LogP contribution is 2.30. The molecule has 2 aromatic carbocycles. The highest BCUT2D eigenvalue weighted by Gasteiger charge is 2.24. The van der Waals surface area contributed by atoms with Gasteiger partial charge in [0.05, 0.1) is 18.6 Å². The smallest absolute Gasteiger partial charge is 0.306 e. The number of rotatable bonds is 9. The molecule has 31 heavy (non-hydrogen) atoms. The summed E-state index contributed by atoms with van der Waals surface area (Å²) >= 11 is 0. The SMILES string of the molecule is Cc1ccc(OCCCC(=O)OCC(=O)c2ccc3c(c2)CCCN3S(C)(=O)=O)cc1. The minimum atomic E-state index is -3.36. The summed E-state index contributed by atoms with van der Waals surface area (Å²) in [5.41, 5.74) is 2.97. The summed E-state index contributed by atoms with van der Waals surface area (Å²) in [6.07, 6.45) is 3.21. The van der Waals surface area contributed by atoms with Gasteiger partial charge in [0.2, 0.25) is 10.0 Å². The molecule has 1 aliphatic rings. The Labute approximate surface area is 183 Å². The van der Waals surface area contributed by atoms with Gasteiger partial charge in [-0.1, -0.05) is 17.7 Å². The van der Waals surface area contributed by atoms with Gasteiger partial charge in [-0.15, -0.1) is 0 Å². The van der Waals surface area contributed by atoms with E-state index in [1.165, 1.54) is 10.6 Å². The van der Waals surface area contributed by atoms with Gasteiger partial charge in [0, 0.05) is 18.5 Å². The lowest BCUT2D eigenvalue weighted by Crippen LogP contribution is -2.34. The minimum absolute atomic E-state index is 0.159. The zero-order chi connectivity index (χ0) is 22.4. The van der Waals surface area contributed by atoms with Crippen LogP contribution in [0.25, 0.3) is 0 Å². The molecule has 0 saturated carbocycles. The maximum atomic E-state index is 12.4. The minimum Gasteiger partial charge on any atom is -0.494 e. The molecular weight excluding hydrogens is 418 g/mol. The number of nitrogens with zero attached hydrogens (tertiary/aromatic N) is 1. The summed E-state index contributed by atoms with van der Waals surface area (Å²) in [5, 5.41) is 0. The topological polar surface area (TPSA) is 90.0 Å². The molecule has 0 atom stereocenters. The van der Waals surface area contributed by atoms with Crippen LogP contribution >= 0.6 is 0 Å². The molecule has 0 N–H and O–H groups in total. The fourth-order valence-electron chi connectivity index (χ4n) is 3.42. The van der Waals surface area contributed by atoms with Gasteiger partial charge in [0.1, 0.15) is 5.75 Å². The monoisotopic (exact) mass is 445 g/mol. The van der Waals surface area contributed by atoms with E-state index in [1.54, 1.807) is 18.2 Å². The van der Waals surface area contributed by atoms with Crippen LogP contribution in [-0.2, 0) is 26.0 Å². The largest absolute Gasteiger partial charge is 0.494 e. The molecule has 0 aromatic heterocycles. The van der Waals surface area contributed by atoms with Gasteiger partial charge >= 0.3 is 5.97 Å². The van der Waals surface area contributed by atoms with E-state index in [4.69, 9.17) is 9.47 Å². The Morgan fingerprint density at radius 2 is 1.84 bits per heavy atom. The third-order valence-electron chi connectivity index (χ3n) is 5.06. The summed E-state index contributed by atoms with van der Waals surface area (Å²) in [5.74, 6) is -0.0263. The molecular formula is C23H27NO6S. The van der Waals surface area contributed by atoms with Gasteiger partial charge in [0.25, 0.3) is 0 Å². The lowest BCUT2D eigenvalue weighted by atomic mass is 9.99. The fraction of sp³-hybridized carbons (Fsp3) is 0.391. The number of fused-ring (bicyclic) bond motifs is 1. The predicted molar refractivity (Wildman–Crippen MR) is 118 cm³/mol. The number of benzene rings is 2. The molecule has 1 aliphatic heterocycles. The Bertz CT molecular complexity index is 1050. The van der Waals surface area contributed by atoms with Crippen molar-refractivity contribution in [3.8, 4) is 5.75 Å². The van der Waals surface area contributed by atoms with E-state index in [1.807, 2.05) is 31.2 Å². The molecule has 1 heterocycles. The summed E-state index contributed by atoms with van der Waals surface area (Å²) in [7, 11) is -3.36. The Balaban J connectivity index is 1.46. The van der Waals surface area contributed by atoms with Crippen LogP contribution in [0.1, 0.15) is 40.7 Å². The van der Waals surface area contributed by atoms with E-state index in [0.717, 1.165) is 16.9 Å². The standard InChI is InChI=1S/C23H27NO6S/c1-17-7-10-20(11-8-17)29-14-4-6-23(26)30-16-22(25)19-9-12-21-18(15-19)5-3-13-24(21)31(2,27)28/h7-12,15H,3-6,13-14,16H2,1-2H3. The number of carbonyl (C=O) groups is 2. The van der Waals surface area contributed by atoms with E-state index in [-0.39, 0.29) is 18.8 Å². The van der Waals surface area contributed by atoms with Gasteiger partial charge in [-0.3, -0.25) is 13.9 Å². The van der Waals surface area contributed by atoms with Crippen LogP contribution in [0.15, 0.2) is 42.5 Å². The Morgan fingerprint density at radius 1 is 1.10 bits per heavy atom. The lowest BCUT2D eigenvalue weighted by Gasteiger charge is -2.29. The highest BCUT2D eigenvalue weighted by atomic mass is 32.2. The third-order valence-corrected chi connectivity index (χ3v) is 6.24. The Kier molecular flexibility index (Phi) is 7.33. The van der Waals surface area contributed by atoms with Crippen LogP contribution < -0.4 is 9.04 Å². The molecule has 3 rings (SSSR count). The molecule has 0 spiro atoms. The molecule has 0 unspecified atom stereocenters. The van der Waals surface area contributed by atoms with E-state index < -0.39 is 16.0 Å². The molecule has 7 nitrogen and oxygen atoms in total. The van der Waals surface area contributed by atoms with Crippen molar-refractivity contribution in [2.75, 3.05) is 30.3 Å². The average molecular weight is 446 g/mol. The predicted octanol–water partition coefficient (Wildman–Crippen LogP) is 3.29. The first-order valence-corrected chi connectivity index (χ1v) is 12.1. The molecule has 166 valence electrons. The zero-order valence-electron chi connectivity index (χ0n) is 17.8. The van der Waals surface area contributed by atoms with Gasteiger partial charge in [-0.2, -0.15) is 0 Å². The molecule has 0 bridgehead atoms. The maximum absolute atomic E-state index is 12.4. The molecule has 0 amide bonds. The summed E-state index contributed by atoms with van der Waals surface area (Å²) in [6.45, 7) is 2.47.